The van der Waals surface area contributed by atoms with E-state index in [4.69, 9.17) is 9.47 Å². The van der Waals surface area contributed by atoms with Crippen molar-refractivity contribution in [1.82, 2.24) is 15.2 Å². The number of rotatable bonds is 10. The summed E-state index contributed by atoms with van der Waals surface area (Å²) in [5.74, 6) is 1.22. The van der Waals surface area contributed by atoms with Gasteiger partial charge in [-0.15, -0.1) is 16.4 Å². The Kier molecular flexibility index (Phi) is 7.11. The van der Waals surface area contributed by atoms with Crippen LogP contribution in [0.25, 0.3) is 0 Å². The van der Waals surface area contributed by atoms with Crippen LogP contribution in [-0.4, -0.2) is 39.4 Å². The van der Waals surface area contributed by atoms with Crippen molar-refractivity contribution < 1.29 is 19.1 Å². The number of carbonyl (C=O) groups is 2. The summed E-state index contributed by atoms with van der Waals surface area (Å²) in [6.45, 7) is 4.34. The first kappa shape index (κ1) is 22.3. The highest BCUT2D eigenvalue weighted by molar-refractivity contribution is 7.99. The molecule has 1 aliphatic carbocycles. The normalized spacial score (nSPS) is 13.1. The van der Waals surface area contributed by atoms with Gasteiger partial charge in [-0.05, 0) is 55.7 Å². The molecule has 0 unspecified atom stereocenters. The van der Waals surface area contributed by atoms with Crippen molar-refractivity contribution in [2.45, 2.75) is 44.4 Å². The van der Waals surface area contributed by atoms with Gasteiger partial charge in [-0.1, -0.05) is 29.5 Å². The van der Waals surface area contributed by atoms with Gasteiger partial charge in [0.1, 0.15) is 17.4 Å². The molecule has 0 saturated heterocycles. The maximum atomic E-state index is 12.5. The second kappa shape index (κ2) is 10.2. The summed E-state index contributed by atoms with van der Waals surface area (Å²) in [7, 11) is 0. The minimum atomic E-state index is -0.384. The van der Waals surface area contributed by atoms with E-state index in [0.29, 0.717) is 34.1 Å². The molecule has 2 aromatic heterocycles. The molecule has 0 radical (unpaired) electrons. The average Bonchev–Trinajstić information content (AvgIpc) is 3.38. The summed E-state index contributed by atoms with van der Waals surface area (Å²) in [4.78, 5) is 29.3. The molecule has 168 valence electrons. The maximum Gasteiger partial charge on any atom is 0.341 e. The second-order valence-corrected chi connectivity index (χ2v) is 9.22. The minimum absolute atomic E-state index is 0.120. The summed E-state index contributed by atoms with van der Waals surface area (Å²) in [6.07, 6.45) is 2.13. The molecule has 1 amide bonds. The number of carbonyl (C=O) groups excluding carboxylic acids is 2. The van der Waals surface area contributed by atoms with E-state index >= 15 is 0 Å². The van der Waals surface area contributed by atoms with E-state index in [-0.39, 0.29) is 24.2 Å². The molecular weight excluding hydrogens is 448 g/mol. The van der Waals surface area contributed by atoms with Gasteiger partial charge in [-0.3, -0.25) is 9.89 Å². The lowest BCUT2D eigenvalue weighted by molar-refractivity contribution is -0.113. The Balaban J connectivity index is 1.30. The number of amides is 1. The van der Waals surface area contributed by atoms with Gasteiger partial charge < -0.3 is 14.8 Å². The van der Waals surface area contributed by atoms with E-state index in [2.05, 4.69) is 20.5 Å². The Bertz CT molecular complexity index is 1090. The van der Waals surface area contributed by atoms with E-state index in [9.17, 15) is 9.59 Å². The third-order valence-electron chi connectivity index (χ3n) is 4.81. The summed E-state index contributed by atoms with van der Waals surface area (Å²) < 4.78 is 10.9. The van der Waals surface area contributed by atoms with E-state index in [1.807, 2.05) is 36.6 Å². The third-order valence-corrected chi connectivity index (χ3v) is 6.57. The molecule has 1 aromatic carbocycles. The van der Waals surface area contributed by atoms with Gasteiger partial charge in [0.15, 0.2) is 5.82 Å². The number of thiophene rings is 1. The Hall–Kier alpha value is -2.85. The van der Waals surface area contributed by atoms with Crippen molar-refractivity contribution in [2.75, 3.05) is 17.7 Å². The van der Waals surface area contributed by atoms with Crippen molar-refractivity contribution in [2.24, 2.45) is 0 Å². The molecule has 4 rings (SSSR count). The number of hydrogen-bond acceptors (Lipinski definition) is 8. The van der Waals surface area contributed by atoms with Crippen LogP contribution >= 0.6 is 23.1 Å². The molecule has 2 heterocycles. The molecule has 1 saturated carbocycles. The topological polar surface area (TPSA) is 106 Å². The summed E-state index contributed by atoms with van der Waals surface area (Å²) >= 11 is 2.57. The quantitative estimate of drug-likeness (QED) is 0.330. The fourth-order valence-corrected chi connectivity index (χ4v) is 4.72. The van der Waals surface area contributed by atoms with E-state index in [1.54, 1.807) is 6.92 Å². The van der Waals surface area contributed by atoms with Gasteiger partial charge in [-0.2, -0.15) is 0 Å². The van der Waals surface area contributed by atoms with Gasteiger partial charge in [0, 0.05) is 0 Å². The predicted octanol–water partition coefficient (Wildman–Crippen LogP) is 4.54. The van der Waals surface area contributed by atoms with Gasteiger partial charge in [0.05, 0.1) is 17.9 Å². The molecule has 8 nitrogen and oxygen atoms in total. The molecule has 0 atom stereocenters. The number of aromatic nitrogens is 3. The number of aryl methyl sites for hydroxylation is 1. The summed E-state index contributed by atoms with van der Waals surface area (Å²) in [5, 5.41) is 12.7. The Labute approximate surface area is 194 Å². The lowest BCUT2D eigenvalue weighted by atomic mass is 10.1. The predicted molar refractivity (Wildman–Crippen MR) is 123 cm³/mol. The Morgan fingerprint density at radius 1 is 1.28 bits per heavy atom. The van der Waals surface area contributed by atoms with Gasteiger partial charge in [-0.25, -0.2) is 9.78 Å². The highest BCUT2D eigenvalue weighted by Crippen LogP contribution is 2.46. The molecule has 10 heteroatoms. The number of esters is 1. The molecular formula is C22H24N4O4S2. The van der Waals surface area contributed by atoms with Crippen LogP contribution in [0.15, 0.2) is 34.8 Å². The molecule has 0 spiro atoms. The molecule has 32 heavy (non-hydrogen) atoms. The van der Waals surface area contributed by atoms with Crippen LogP contribution in [-0.2, 0) is 16.1 Å². The lowest BCUT2D eigenvalue weighted by Gasteiger charge is -2.07. The monoisotopic (exact) mass is 472 g/mol. The number of nitrogens with zero attached hydrogens (tertiary/aromatic N) is 2. The fraction of sp³-hybridized carbons (Fsp3) is 0.364. The zero-order chi connectivity index (χ0) is 22.5. The molecule has 0 aliphatic heterocycles. The third kappa shape index (κ3) is 5.68. The van der Waals surface area contributed by atoms with Crippen molar-refractivity contribution >= 4 is 40.0 Å². The van der Waals surface area contributed by atoms with Crippen molar-refractivity contribution in [1.29, 1.82) is 0 Å². The smallest absolute Gasteiger partial charge is 0.341 e. The molecule has 0 bridgehead atoms. The van der Waals surface area contributed by atoms with E-state index in [1.165, 1.54) is 23.1 Å². The van der Waals surface area contributed by atoms with Crippen LogP contribution in [0.5, 0.6) is 5.75 Å². The number of aromatic amines is 1. The lowest BCUT2D eigenvalue weighted by Crippen LogP contribution is -2.16. The van der Waals surface area contributed by atoms with Gasteiger partial charge in [0.2, 0.25) is 11.1 Å². The summed E-state index contributed by atoms with van der Waals surface area (Å²) in [6, 6.07) is 7.75. The standard InChI is InChI=1S/C22H24N4O4S2/c1-3-29-21(28)19-16(14-6-7-14)11-31-20(19)24-18(27)12-32-22-23-17(25-26-22)10-30-15-8-4-13(2)5-9-15/h4-5,8-9,11,14H,3,6-7,10,12H2,1-2H3,(H,24,27)(H,23,25,26). The number of ether oxygens (including phenoxy) is 2. The highest BCUT2D eigenvalue weighted by Gasteiger charge is 2.32. The molecule has 2 N–H and O–H groups in total. The Morgan fingerprint density at radius 2 is 2.06 bits per heavy atom. The maximum absolute atomic E-state index is 12.5. The first-order valence-electron chi connectivity index (χ1n) is 10.4. The molecule has 3 aromatic rings. The number of benzene rings is 1. The SMILES string of the molecule is CCOC(=O)c1c(C2CC2)csc1NC(=O)CSc1n[nH]c(COc2ccc(C)cc2)n1. The highest BCUT2D eigenvalue weighted by atomic mass is 32.2. The Morgan fingerprint density at radius 3 is 2.78 bits per heavy atom. The molecule has 1 fully saturated rings. The van der Waals surface area contributed by atoms with Crippen LogP contribution in [0.3, 0.4) is 0 Å². The first-order chi connectivity index (χ1) is 15.5. The zero-order valence-corrected chi connectivity index (χ0v) is 19.5. The van der Waals surface area contributed by atoms with Crippen LogP contribution in [0.4, 0.5) is 5.00 Å². The van der Waals surface area contributed by atoms with Crippen LogP contribution in [0.2, 0.25) is 0 Å². The fourth-order valence-electron chi connectivity index (χ4n) is 3.06. The number of hydrogen-bond donors (Lipinski definition) is 2. The first-order valence-corrected chi connectivity index (χ1v) is 12.2. The van der Waals surface area contributed by atoms with Crippen molar-refractivity contribution in [3.63, 3.8) is 0 Å². The van der Waals surface area contributed by atoms with Crippen LogP contribution in [0.1, 0.15) is 53.0 Å². The average molecular weight is 473 g/mol. The number of thioether (sulfide) groups is 1. The van der Waals surface area contributed by atoms with Crippen molar-refractivity contribution in [3.8, 4) is 5.75 Å². The number of H-pyrrole nitrogens is 1. The number of anilines is 1. The minimum Gasteiger partial charge on any atom is -0.486 e. The van der Waals surface area contributed by atoms with Crippen molar-refractivity contribution in [3.05, 3.63) is 52.2 Å². The van der Waals surface area contributed by atoms with Crippen LogP contribution in [0, 0.1) is 6.92 Å². The second-order valence-electron chi connectivity index (χ2n) is 7.39. The van der Waals surface area contributed by atoms with Crippen LogP contribution < -0.4 is 10.1 Å². The van der Waals surface area contributed by atoms with E-state index < -0.39 is 0 Å². The number of nitrogens with one attached hydrogen (secondary N) is 2. The largest absolute Gasteiger partial charge is 0.486 e. The van der Waals surface area contributed by atoms with Gasteiger partial charge >= 0.3 is 5.97 Å². The van der Waals surface area contributed by atoms with Gasteiger partial charge in [0.25, 0.3) is 0 Å². The zero-order valence-electron chi connectivity index (χ0n) is 17.8. The summed E-state index contributed by atoms with van der Waals surface area (Å²) in [5.41, 5.74) is 2.63. The molecule has 1 aliphatic rings. The van der Waals surface area contributed by atoms with E-state index in [0.717, 1.165) is 29.7 Å².